The predicted molar refractivity (Wildman–Crippen MR) is 101 cm³/mol. The number of ether oxygens (including phenoxy) is 2. The number of hydrogen-bond acceptors (Lipinski definition) is 6. The van der Waals surface area contributed by atoms with Gasteiger partial charge in [-0.2, -0.15) is 5.10 Å². The summed E-state index contributed by atoms with van der Waals surface area (Å²) in [6.45, 7) is 0. The minimum Gasteiger partial charge on any atom is -0.497 e. The van der Waals surface area contributed by atoms with Crippen LogP contribution >= 0.6 is 0 Å². The molecule has 4 aromatic rings. The lowest BCUT2D eigenvalue weighted by atomic mass is 10.2. The molecule has 0 aliphatic heterocycles. The molecular formula is C20H17N5O2. The van der Waals surface area contributed by atoms with E-state index in [1.54, 1.807) is 26.5 Å². The molecule has 0 bridgehead atoms. The molecule has 0 amide bonds. The highest BCUT2D eigenvalue weighted by atomic mass is 16.5. The van der Waals surface area contributed by atoms with Gasteiger partial charge in [-0.15, -0.1) is 0 Å². The highest BCUT2D eigenvalue weighted by Gasteiger charge is 2.11. The van der Waals surface area contributed by atoms with Gasteiger partial charge in [0.25, 0.3) is 0 Å². The first-order valence-corrected chi connectivity index (χ1v) is 8.31. The second-order valence-electron chi connectivity index (χ2n) is 5.73. The van der Waals surface area contributed by atoms with Crippen LogP contribution in [0.4, 0.5) is 0 Å². The second-order valence-corrected chi connectivity index (χ2v) is 5.73. The topological polar surface area (TPSA) is 85.8 Å². The number of aromatic amines is 1. The molecule has 0 saturated carbocycles. The Balaban J connectivity index is 1.63. The zero-order valence-electron chi connectivity index (χ0n) is 14.9. The number of methoxy groups -OCH3 is 2. The van der Waals surface area contributed by atoms with Gasteiger partial charge in [0.15, 0.2) is 17.5 Å². The van der Waals surface area contributed by atoms with E-state index >= 15 is 0 Å². The fourth-order valence-electron chi connectivity index (χ4n) is 2.62. The summed E-state index contributed by atoms with van der Waals surface area (Å²) in [7, 11) is 3.27. The summed E-state index contributed by atoms with van der Waals surface area (Å²) in [6.07, 6.45) is 1.71. The van der Waals surface area contributed by atoms with Crippen molar-refractivity contribution < 1.29 is 9.47 Å². The van der Waals surface area contributed by atoms with Crippen LogP contribution in [0.5, 0.6) is 11.5 Å². The molecule has 0 aliphatic carbocycles. The lowest BCUT2D eigenvalue weighted by Crippen LogP contribution is -1.93. The molecule has 4 rings (SSSR count). The first-order chi connectivity index (χ1) is 13.3. The lowest BCUT2D eigenvalue weighted by molar-refractivity contribution is 0.414. The van der Waals surface area contributed by atoms with Crippen LogP contribution in [0, 0.1) is 0 Å². The zero-order chi connectivity index (χ0) is 18.6. The van der Waals surface area contributed by atoms with Crippen molar-refractivity contribution in [3.63, 3.8) is 0 Å². The van der Waals surface area contributed by atoms with Gasteiger partial charge in [0.05, 0.1) is 14.2 Å². The zero-order valence-corrected chi connectivity index (χ0v) is 14.9. The van der Waals surface area contributed by atoms with Gasteiger partial charge in [-0.05, 0) is 54.6 Å². The van der Waals surface area contributed by atoms with Crippen molar-refractivity contribution in [1.29, 1.82) is 0 Å². The summed E-state index contributed by atoms with van der Waals surface area (Å²) in [5, 5.41) is 7.23. The van der Waals surface area contributed by atoms with Gasteiger partial charge in [0.1, 0.15) is 17.2 Å². The van der Waals surface area contributed by atoms with E-state index in [1.807, 2.05) is 48.5 Å². The molecule has 0 aliphatic rings. The van der Waals surface area contributed by atoms with E-state index in [0.717, 1.165) is 22.6 Å². The molecule has 0 radical (unpaired) electrons. The van der Waals surface area contributed by atoms with Gasteiger partial charge < -0.3 is 9.47 Å². The van der Waals surface area contributed by atoms with Crippen LogP contribution in [0.3, 0.4) is 0 Å². The van der Waals surface area contributed by atoms with E-state index in [2.05, 4.69) is 25.1 Å². The Hall–Kier alpha value is -3.74. The molecule has 2 aromatic carbocycles. The van der Waals surface area contributed by atoms with Crippen LogP contribution in [-0.2, 0) is 0 Å². The Labute approximate surface area is 156 Å². The summed E-state index contributed by atoms with van der Waals surface area (Å²) in [4.78, 5) is 13.5. The number of benzene rings is 2. The lowest BCUT2D eigenvalue weighted by Gasteiger charge is -2.03. The Morgan fingerprint density at radius 1 is 0.704 bits per heavy atom. The highest BCUT2D eigenvalue weighted by molar-refractivity contribution is 5.62. The molecule has 7 heteroatoms. The van der Waals surface area contributed by atoms with Crippen molar-refractivity contribution in [3.05, 3.63) is 60.8 Å². The second kappa shape index (κ2) is 7.25. The van der Waals surface area contributed by atoms with Crippen LogP contribution in [0.15, 0.2) is 60.8 Å². The summed E-state index contributed by atoms with van der Waals surface area (Å²) >= 11 is 0. The van der Waals surface area contributed by atoms with E-state index in [4.69, 9.17) is 9.47 Å². The largest absolute Gasteiger partial charge is 0.497 e. The minimum atomic E-state index is 0.581. The maximum absolute atomic E-state index is 5.19. The van der Waals surface area contributed by atoms with E-state index in [1.165, 1.54) is 0 Å². The molecule has 0 saturated heterocycles. The van der Waals surface area contributed by atoms with Crippen molar-refractivity contribution in [3.8, 4) is 45.8 Å². The maximum atomic E-state index is 5.19. The molecule has 134 valence electrons. The maximum Gasteiger partial charge on any atom is 0.181 e. The Morgan fingerprint density at radius 2 is 1.30 bits per heavy atom. The molecule has 27 heavy (non-hydrogen) atoms. The fourth-order valence-corrected chi connectivity index (χ4v) is 2.62. The quantitative estimate of drug-likeness (QED) is 0.586. The molecule has 1 N–H and O–H groups in total. The highest BCUT2D eigenvalue weighted by Crippen LogP contribution is 2.23. The fraction of sp³-hybridized carbons (Fsp3) is 0.100. The SMILES string of the molecule is COc1ccc(-c2nccc(-c3nc(-c4ccc(OC)cc4)n[nH]3)n2)cc1. The van der Waals surface area contributed by atoms with Crippen molar-refractivity contribution in [2.45, 2.75) is 0 Å². The van der Waals surface area contributed by atoms with Crippen LogP contribution in [0.25, 0.3) is 34.3 Å². The van der Waals surface area contributed by atoms with Gasteiger partial charge in [0.2, 0.25) is 0 Å². The van der Waals surface area contributed by atoms with Crippen molar-refractivity contribution >= 4 is 0 Å². The summed E-state index contributed by atoms with van der Waals surface area (Å²) in [5.41, 5.74) is 2.46. The number of aromatic nitrogens is 5. The third kappa shape index (κ3) is 3.48. The number of hydrogen-bond donors (Lipinski definition) is 1. The number of rotatable bonds is 5. The Bertz CT molecular complexity index is 1040. The van der Waals surface area contributed by atoms with Gasteiger partial charge in [-0.3, -0.25) is 5.10 Å². The molecule has 2 aromatic heterocycles. The molecular weight excluding hydrogens is 342 g/mol. The average molecular weight is 359 g/mol. The van der Waals surface area contributed by atoms with Crippen LogP contribution in [0.2, 0.25) is 0 Å². The van der Waals surface area contributed by atoms with Gasteiger partial charge in [0, 0.05) is 17.3 Å². The standard InChI is InChI=1S/C20H17N5O2/c1-26-15-7-3-13(4-8-15)18-21-12-11-17(22-18)20-23-19(24-25-20)14-5-9-16(27-2)10-6-14/h3-12H,1-2H3,(H,23,24,25). The molecule has 0 spiro atoms. The van der Waals surface area contributed by atoms with Crippen LogP contribution < -0.4 is 9.47 Å². The van der Waals surface area contributed by atoms with Gasteiger partial charge in [-0.1, -0.05) is 0 Å². The van der Waals surface area contributed by atoms with E-state index < -0.39 is 0 Å². The average Bonchev–Trinajstić information content (AvgIpc) is 3.24. The van der Waals surface area contributed by atoms with Gasteiger partial charge >= 0.3 is 0 Å². The normalized spacial score (nSPS) is 10.6. The Kier molecular flexibility index (Phi) is 4.49. The molecule has 7 nitrogen and oxygen atoms in total. The Morgan fingerprint density at radius 3 is 1.89 bits per heavy atom. The van der Waals surface area contributed by atoms with E-state index in [0.29, 0.717) is 23.2 Å². The monoisotopic (exact) mass is 359 g/mol. The first kappa shape index (κ1) is 16.7. The summed E-state index contributed by atoms with van der Waals surface area (Å²) < 4.78 is 10.4. The molecule has 0 unspecified atom stereocenters. The van der Waals surface area contributed by atoms with Crippen molar-refractivity contribution in [1.82, 2.24) is 25.1 Å². The first-order valence-electron chi connectivity index (χ1n) is 8.31. The predicted octanol–water partition coefficient (Wildman–Crippen LogP) is 3.61. The smallest absolute Gasteiger partial charge is 0.181 e. The van der Waals surface area contributed by atoms with Crippen LogP contribution in [0.1, 0.15) is 0 Å². The molecule has 0 fully saturated rings. The van der Waals surface area contributed by atoms with Gasteiger partial charge in [-0.25, -0.2) is 15.0 Å². The third-order valence-corrected chi connectivity index (χ3v) is 4.08. The van der Waals surface area contributed by atoms with Crippen molar-refractivity contribution in [2.24, 2.45) is 0 Å². The van der Waals surface area contributed by atoms with Crippen molar-refractivity contribution in [2.75, 3.05) is 14.2 Å². The van der Waals surface area contributed by atoms with E-state index in [9.17, 15) is 0 Å². The number of nitrogens with one attached hydrogen (secondary N) is 1. The molecule has 0 atom stereocenters. The minimum absolute atomic E-state index is 0.581. The van der Waals surface area contributed by atoms with E-state index in [-0.39, 0.29) is 0 Å². The number of H-pyrrole nitrogens is 1. The molecule has 2 heterocycles. The van der Waals surface area contributed by atoms with Crippen LogP contribution in [-0.4, -0.2) is 39.4 Å². The summed E-state index contributed by atoms with van der Waals surface area (Å²) in [5.74, 6) is 3.36. The third-order valence-electron chi connectivity index (χ3n) is 4.08. The number of nitrogens with zero attached hydrogens (tertiary/aromatic N) is 4. The summed E-state index contributed by atoms with van der Waals surface area (Å²) in [6, 6.07) is 17.0.